The van der Waals surface area contributed by atoms with Crippen LogP contribution in [-0.4, -0.2) is 59.6 Å². The van der Waals surface area contributed by atoms with E-state index in [1.165, 1.54) is 11.8 Å². The maximum absolute atomic E-state index is 12.6. The molecule has 6 heteroatoms. The third-order valence-electron chi connectivity index (χ3n) is 4.19. The molecule has 118 valence electrons. The number of carbonyl (C=O) groups is 2. The first-order chi connectivity index (χ1) is 10.5. The Kier molecular flexibility index (Phi) is 4.40. The van der Waals surface area contributed by atoms with E-state index < -0.39 is 0 Å². The summed E-state index contributed by atoms with van der Waals surface area (Å²) in [6.07, 6.45) is 0. The lowest BCUT2D eigenvalue weighted by molar-refractivity contribution is -0.113. The Morgan fingerprint density at radius 2 is 1.95 bits per heavy atom. The van der Waals surface area contributed by atoms with Gasteiger partial charge in [0.05, 0.1) is 11.4 Å². The number of nitrogens with zero attached hydrogens (tertiary/aromatic N) is 2. The van der Waals surface area contributed by atoms with Crippen molar-refractivity contribution in [3.8, 4) is 0 Å². The minimum Gasteiger partial charge on any atom is -0.336 e. The van der Waals surface area contributed by atoms with Crippen LogP contribution in [0.15, 0.2) is 23.1 Å². The van der Waals surface area contributed by atoms with E-state index in [4.69, 9.17) is 0 Å². The number of anilines is 1. The number of piperazine rings is 1. The highest BCUT2D eigenvalue weighted by atomic mass is 32.2. The highest BCUT2D eigenvalue weighted by molar-refractivity contribution is 8.00. The fraction of sp³-hybridized carbons (Fsp3) is 0.500. The zero-order chi connectivity index (χ0) is 15.7. The summed E-state index contributed by atoms with van der Waals surface area (Å²) < 4.78 is 0. The van der Waals surface area contributed by atoms with Gasteiger partial charge in [0.2, 0.25) is 5.91 Å². The summed E-state index contributed by atoms with van der Waals surface area (Å²) in [5.74, 6) is 0.487. The molecule has 0 bridgehead atoms. The standard InChI is InChI=1S/C16H21N3O2S/c1-11(2)18-5-7-19(8-6-18)16(21)12-3-4-14-13(9-12)17-15(20)10-22-14/h3-4,9,11H,5-8,10H2,1-2H3,(H,17,20). The van der Waals surface area contributed by atoms with Gasteiger partial charge in [-0.1, -0.05) is 0 Å². The van der Waals surface area contributed by atoms with Crippen LogP contribution in [0.1, 0.15) is 24.2 Å². The fourth-order valence-corrected chi connectivity index (χ4v) is 3.63. The third kappa shape index (κ3) is 3.13. The van der Waals surface area contributed by atoms with Gasteiger partial charge in [0.15, 0.2) is 0 Å². The quantitative estimate of drug-likeness (QED) is 0.904. The highest BCUT2D eigenvalue weighted by Gasteiger charge is 2.24. The molecule has 1 aromatic carbocycles. The number of hydrogen-bond acceptors (Lipinski definition) is 4. The predicted octanol–water partition coefficient (Wildman–Crippen LogP) is 1.90. The molecule has 0 atom stereocenters. The summed E-state index contributed by atoms with van der Waals surface area (Å²) in [4.78, 5) is 29.4. The summed E-state index contributed by atoms with van der Waals surface area (Å²) in [6.45, 7) is 7.72. The summed E-state index contributed by atoms with van der Waals surface area (Å²) in [7, 11) is 0. The van der Waals surface area contributed by atoms with E-state index in [-0.39, 0.29) is 11.8 Å². The topological polar surface area (TPSA) is 52.6 Å². The number of fused-ring (bicyclic) bond motifs is 1. The van der Waals surface area contributed by atoms with Gasteiger partial charge in [-0.25, -0.2) is 0 Å². The molecule has 0 radical (unpaired) electrons. The molecule has 2 heterocycles. The normalized spacial score (nSPS) is 19.0. The van der Waals surface area contributed by atoms with Crippen molar-refractivity contribution in [3.05, 3.63) is 23.8 Å². The molecule has 5 nitrogen and oxygen atoms in total. The van der Waals surface area contributed by atoms with E-state index in [0.29, 0.717) is 17.4 Å². The van der Waals surface area contributed by atoms with Crippen LogP contribution in [0.25, 0.3) is 0 Å². The van der Waals surface area contributed by atoms with Gasteiger partial charge < -0.3 is 10.2 Å². The van der Waals surface area contributed by atoms with Crippen molar-refractivity contribution in [1.29, 1.82) is 0 Å². The molecule has 2 aliphatic heterocycles. The summed E-state index contributed by atoms with van der Waals surface area (Å²) >= 11 is 1.51. The number of carbonyl (C=O) groups excluding carboxylic acids is 2. The van der Waals surface area contributed by atoms with Crippen molar-refractivity contribution in [3.63, 3.8) is 0 Å². The van der Waals surface area contributed by atoms with Gasteiger partial charge in [-0.05, 0) is 32.0 Å². The lowest BCUT2D eigenvalue weighted by Crippen LogP contribution is -2.50. The summed E-state index contributed by atoms with van der Waals surface area (Å²) in [5.41, 5.74) is 1.41. The molecule has 22 heavy (non-hydrogen) atoms. The molecule has 2 aliphatic rings. The van der Waals surface area contributed by atoms with Crippen molar-refractivity contribution in [1.82, 2.24) is 9.80 Å². The minimum atomic E-state index is -0.00681. The van der Waals surface area contributed by atoms with E-state index in [0.717, 1.165) is 36.8 Å². The summed E-state index contributed by atoms with van der Waals surface area (Å²) in [5, 5.41) is 2.84. The molecular formula is C16H21N3O2S. The van der Waals surface area contributed by atoms with E-state index >= 15 is 0 Å². The second-order valence-electron chi connectivity index (χ2n) is 5.97. The Hall–Kier alpha value is -1.53. The first-order valence-electron chi connectivity index (χ1n) is 7.64. The van der Waals surface area contributed by atoms with Crippen molar-refractivity contribution in [2.75, 3.05) is 37.2 Å². The Balaban J connectivity index is 1.71. The van der Waals surface area contributed by atoms with Crippen LogP contribution in [0, 0.1) is 0 Å². The number of amides is 2. The lowest BCUT2D eigenvalue weighted by Gasteiger charge is -2.37. The number of thioether (sulfide) groups is 1. The molecule has 0 unspecified atom stereocenters. The number of benzene rings is 1. The molecular weight excluding hydrogens is 298 g/mol. The molecule has 1 saturated heterocycles. The predicted molar refractivity (Wildman–Crippen MR) is 88.4 cm³/mol. The van der Waals surface area contributed by atoms with Gasteiger partial charge in [-0.3, -0.25) is 14.5 Å². The van der Waals surface area contributed by atoms with E-state index in [1.807, 2.05) is 17.0 Å². The van der Waals surface area contributed by atoms with Crippen molar-refractivity contribution in [2.24, 2.45) is 0 Å². The van der Waals surface area contributed by atoms with Crippen LogP contribution in [0.2, 0.25) is 0 Å². The lowest BCUT2D eigenvalue weighted by atomic mass is 10.1. The fourth-order valence-electron chi connectivity index (χ4n) is 2.84. The van der Waals surface area contributed by atoms with Crippen molar-refractivity contribution in [2.45, 2.75) is 24.8 Å². The van der Waals surface area contributed by atoms with Crippen molar-refractivity contribution >= 4 is 29.3 Å². The average Bonchev–Trinajstić information content (AvgIpc) is 2.53. The zero-order valence-electron chi connectivity index (χ0n) is 13.0. The maximum Gasteiger partial charge on any atom is 0.254 e. The third-order valence-corrected chi connectivity index (χ3v) is 5.26. The van der Waals surface area contributed by atoms with Crippen LogP contribution in [0.5, 0.6) is 0 Å². The zero-order valence-corrected chi connectivity index (χ0v) is 13.8. The molecule has 2 amide bonds. The smallest absolute Gasteiger partial charge is 0.254 e. The molecule has 1 N–H and O–H groups in total. The SMILES string of the molecule is CC(C)N1CCN(C(=O)c2ccc3c(c2)NC(=O)CS3)CC1. The van der Waals surface area contributed by atoms with Crippen LogP contribution in [0.3, 0.4) is 0 Å². The highest BCUT2D eigenvalue weighted by Crippen LogP contribution is 2.32. The largest absolute Gasteiger partial charge is 0.336 e. The second kappa shape index (κ2) is 6.30. The van der Waals surface area contributed by atoms with E-state index in [1.54, 1.807) is 6.07 Å². The van der Waals surface area contributed by atoms with Crippen LogP contribution in [0.4, 0.5) is 5.69 Å². The molecule has 0 aromatic heterocycles. The van der Waals surface area contributed by atoms with Crippen LogP contribution < -0.4 is 5.32 Å². The molecule has 1 aromatic rings. The van der Waals surface area contributed by atoms with Crippen LogP contribution >= 0.6 is 11.8 Å². The minimum absolute atomic E-state index is 0.00681. The number of nitrogens with one attached hydrogen (secondary N) is 1. The number of rotatable bonds is 2. The Labute approximate surface area is 135 Å². The summed E-state index contributed by atoms with van der Waals surface area (Å²) in [6, 6.07) is 6.11. The molecule has 0 spiro atoms. The Morgan fingerprint density at radius 3 is 2.64 bits per heavy atom. The average molecular weight is 319 g/mol. The van der Waals surface area contributed by atoms with Gasteiger partial charge in [-0.2, -0.15) is 0 Å². The van der Waals surface area contributed by atoms with Gasteiger partial charge in [0.25, 0.3) is 5.91 Å². The number of hydrogen-bond donors (Lipinski definition) is 1. The molecule has 1 fully saturated rings. The van der Waals surface area contributed by atoms with Crippen molar-refractivity contribution < 1.29 is 9.59 Å². The monoisotopic (exact) mass is 319 g/mol. The Morgan fingerprint density at radius 1 is 1.23 bits per heavy atom. The van der Waals surface area contributed by atoms with Crippen LogP contribution in [-0.2, 0) is 4.79 Å². The Bertz CT molecular complexity index is 595. The second-order valence-corrected chi connectivity index (χ2v) is 6.99. The van der Waals surface area contributed by atoms with E-state index in [9.17, 15) is 9.59 Å². The van der Waals surface area contributed by atoms with Gasteiger partial charge >= 0.3 is 0 Å². The van der Waals surface area contributed by atoms with Gasteiger partial charge in [0.1, 0.15) is 0 Å². The molecule has 0 aliphatic carbocycles. The van der Waals surface area contributed by atoms with E-state index in [2.05, 4.69) is 24.1 Å². The van der Waals surface area contributed by atoms with Gasteiger partial charge in [-0.15, -0.1) is 11.8 Å². The molecule has 3 rings (SSSR count). The maximum atomic E-state index is 12.6. The first kappa shape index (κ1) is 15.4. The molecule has 0 saturated carbocycles. The van der Waals surface area contributed by atoms with Gasteiger partial charge in [0, 0.05) is 42.7 Å². The first-order valence-corrected chi connectivity index (χ1v) is 8.63.